The van der Waals surface area contributed by atoms with Gasteiger partial charge in [-0.2, -0.15) is 0 Å². The molecule has 0 radical (unpaired) electrons. The van der Waals surface area contributed by atoms with Gasteiger partial charge in [-0.1, -0.05) is 47.6 Å². The number of aliphatic hydroxyl groups excluding tert-OH is 1. The van der Waals surface area contributed by atoms with Crippen LogP contribution in [0.2, 0.25) is 0 Å². The van der Waals surface area contributed by atoms with E-state index in [4.69, 9.17) is 0 Å². The largest absolute Gasteiger partial charge is 0.507 e. The summed E-state index contributed by atoms with van der Waals surface area (Å²) in [5.74, 6) is 0.392. The van der Waals surface area contributed by atoms with E-state index in [0.29, 0.717) is 5.75 Å². The van der Waals surface area contributed by atoms with Crippen LogP contribution >= 0.6 is 0 Å². The fraction of sp³-hybridized carbons (Fsp3) is 0.556. The molecule has 0 amide bonds. The molecule has 0 spiro atoms. The van der Waals surface area contributed by atoms with Crippen molar-refractivity contribution in [3.05, 3.63) is 34.4 Å². The van der Waals surface area contributed by atoms with Crippen LogP contribution in [-0.2, 0) is 10.8 Å². The topological polar surface area (TPSA) is 40.5 Å². The molecule has 0 heterocycles. The molecule has 0 saturated carbocycles. The lowest BCUT2D eigenvalue weighted by Gasteiger charge is -2.28. The van der Waals surface area contributed by atoms with E-state index >= 15 is 0 Å². The molecular formula is C18H28O2. The van der Waals surface area contributed by atoms with Crippen LogP contribution in [-0.4, -0.2) is 16.8 Å². The minimum atomic E-state index is -0.124. The summed E-state index contributed by atoms with van der Waals surface area (Å²) in [6.45, 7) is 14.5. The Morgan fingerprint density at radius 1 is 1.00 bits per heavy atom. The van der Waals surface area contributed by atoms with Crippen molar-refractivity contribution in [2.75, 3.05) is 6.61 Å². The average Bonchev–Trinajstić information content (AvgIpc) is 2.28. The predicted molar refractivity (Wildman–Crippen MR) is 86.2 cm³/mol. The van der Waals surface area contributed by atoms with E-state index in [9.17, 15) is 10.2 Å². The molecule has 2 nitrogen and oxygen atoms in total. The van der Waals surface area contributed by atoms with Crippen molar-refractivity contribution in [2.45, 2.75) is 59.3 Å². The smallest absolute Gasteiger partial charge is 0.123 e. The molecule has 1 aromatic carbocycles. The normalized spacial score (nSPS) is 13.7. The molecule has 0 aliphatic rings. The predicted octanol–water partition coefficient (Wildman–Crippen LogP) is 4.38. The zero-order valence-corrected chi connectivity index (χ0v) is 13.8. The van der Waals surface area contributed by atoms with Crippen LogP contribution in [0.4, 0.5) is 0 Å². The van der Waals surface area contributed by atoms with Crippen LogP contribution < -0.4 is 0 Å². The number of phenolic OH excluding ortho intramolecular Hbond substituents is 1. The fourth-order valence-corrected chi connectivity index (χ4v) is 2.21. The third-order valence-electron chi connectivity index (χ3n) is 3.41. The standard InChI is InChI=1S/C18H28O2/c1-12(11-19)8-13-9-14(17(2,3)4)16(20)15(10-13)18(5,6)7/h8-10,19-20H,11H2,1-7H3. The Bertz CT molecular complexity index is 476. The molecule has 0 aromatic heterocycles. The maximum Gasteiger partial charge on any atom is 0.123 e. The monoisotopic (exact) mass is 276 g/mol. The lowest BCUT2D eigenvalue weighted by Crippen LogP contribution is -2.17. The van der Waals surface area contributed by atoms with E-state index in [2.05, 4.69) is 41.5 Å². The SMILES string of the molecule is CC(=Cc1cc(C(C)(C)C)c(O)c(C(C)(C)C)c1)CO. The summed E-state index contributed by atoms with van der Waals surface area (Å²) < 4.78 is 0. The van der Waals surface area contributed by atoms with Gasteiger partial charge in [-0.05, 0) is 41.0 Å². The Balaban J connectivity index is 3.59. The Hall–Kier alpha value is -1.28. The molecule has 0 saturated heterocycles. The maximum atomic E-state index is 10.6. The fourth-order valence-electron chi connectivity index (χ4n) is 2.21. The summed E-state index contributed by atoms with van der Waals surface area (Å²) in [6.07, 6.45) is 1.98. The minimum absolute atomic E-state index is 0.0522. The first-order valence-electron chi connectivity index (χ1n) is 7.13. The Kier molecular flexibility index (Phi) is 4.70. The van der Waals surface area contributed by atoms with Crippen LogP contribution in [0.5, 0.6) is 5.75 Å². The van der Waals surface area contributed by atoms with E-state index in [1.807, 2.05) is 25.1 Å². The van der Waals surface area contributed by atoms with Crippen molar-refractivity contribution in [2.24, 2.45) is 0 Å². The van der Waals surface area contributed by atoms with Crippen LogP contribution in [0.25, 0.3) is 6.08 Å². The van der Waals surface area contributed by atoms with Gasteiger partial charge in [0.25, 0.3) is 0 Å². The molecule has 0 fully saturated rings. The number of aliphatic hydroxyl groups is 1. The number of aromatic hydroxyl groups is 1. The van der Waals surface area contributed by atoms with Gasteiger partial charge in [-0.25, -0.2) is 0 Å². The van der Waals surface area contributed by atoms with Crippen molar-refractivity contribution in [1.82, 2.24) is 0 Å². The average molecular weight is 276 g/mol. The highest BCUT2D eigenvalue weighted by molar-refractivity contribution is 5.60. The minimum Gasteiger partial charge on any atom is -0.507 e. The van der Waals surface area contributed by atoms with Crippen LogP contribution in [0, 0.1) is 0 Å². The van der Waals surface area contributed by atoms with E-state index in [1.165, 1.54) is 0 Å². The maximum absolute atomic E-state index is 10.6. The highest BCUT2D eigenvalue weighted by Gasteiger charge is 2.26. The van der Waals surface area contributed by atoms with Crippen molar-refractivity contribution in [3.8, 4) is 5.75 Å². The van der Waals surface area contributed by atoms with Gasteiger partial charge in [-0.15, -0.1) is 0 Å². The van der Waals surface area contributed by atoms with Gasteiger partial charge in [0, 0.05) is 11.1 Å². The Morgan fingerprint density at radius 3 is 1.70 bits per heavy atom. The summed E-state index contributed by atoms with van der Waals surface area (Å²) in [6, 6.07) is 4.04. The molecule has 0 aliphatic heterocycles. The second-order valence-electron chi connectivity index (χ2n) is 7.61. The van der Waals surface area contributed by atoms with Crippen LogP contribution in [0.1, 0.15) is 65.2 Å². The van der Waals surface area contributed by atoms with Gasteiger partial charge in [0.2, 0.25) is 0 Å². The van der Waals surface area contributed by atoms with Crippen LogP contribution in [0.15, 0.2) is 17.7 Å². The van der Waals surface area contributed by atoms with Gasteiger partial charge >= 0.3 is 0 Å². The molecule has 112 valence electrons. The van der Waals surface area contributed by atoms with E-state index < -0.39 is 0 Å². The quantitative estimate of drug-likeness (QED) is 0.841. The second-order valence-corrected chi connectivity index (χ2v) is 7.61. The summed E-state index contributed by atoms with van der Waals surface area (Å²) in [4.78, 5) is 0. The van der Waals surface area contributed by atoms with Gasteiger partial charge in [0.15, 0.2) is 0 Å². The lowest BCUT2D eigenvalue weighted by molar-refractivity contribution is 0.332. The first-order chi connectivity index (χ1) is 8.96. The molecule has 0 unspecified atom stereocenters. The Morgan fingerprint density at radius 2 is 1.40 bits per heavy atom. The van der Waals surface area contributed by atoms with Crippen LogP contribution in [0.3, 0.4) is 0 Å². The van der Waals surface area contributed by atoms with E-state index in [-0.39, 0.29) is 17.4 Å². The molecule has 1 aromatic rings. The molecule has 2 N–H and O–H groups in total. The van der Waals surface area contributed by atoms with Crippen molar-refractivity contribution >= 4 is 6.08 Å². The third kappa shape index (κ3) is 3.86. The van der Waals surface area contributed by atoms with E-state index in [1.54, 1.807) is 0 Å². The van der Waals surface area contributed by atoms with E-state index in [0.717, 1.165) is 22.3 Å². The zero-order chi connectivity index (χ0) is 15.7. The first kappa shape index (κ1) is 16.8. The van der Waals surface area contributed by atoms with Crippen molar-refractivity contribution < 1.29 is 10.2 Å². The number of phenols is 1. The first-order valence-corrected chi connectivity index (χ1v) is 7.13. The number of rotatable bonds is 2. The molecule has 0 aliphatic carbocycles. The van der Waals surface area contributed by atoms with Gasteiger partial charge in [-0.3, -0.25) is 0 Å². The van der Waals surface area contributed by atoms with Gasteiger partial charge in [0.1, 0.15) is 5.75 Å². The summed E-state index contributed by atoms with van der Waals surface area (Å²) in [7, 11) is 0. The summed E-state index contributed by atoms with van der Waals surface area (Å²) in [5, 5.41) is 19.8. The number of benzene rings is 1. The Labute approximate surface area is 123 Å². The highest BCUT2D eigenvalue weighted by Crippen LogP contribution is 2.40. The van der Waals surface area contributed by atoms with Crippen molar-refractivity contribution in [3.63, 3.8) is 0 Å². The highest BCUT2D eigenvalue weighted by atomic mass is 16.3. The molecular weight excluding hydrogens is 248 g/mol. The molecule has 0 bridgehead atoms. The van der Waals surface area contributed by atoms with Crippen molar-refractivity contribution in [1.29, 1.82) is 0 Å². The summed E-state index contributed by atoms with van der Waals surface area (Å²) in [5.41, 5.74) is 3.59. The zero-order valence-electron chi connectivity index (χ0n) is 13.8. The van der Waals surface area contributed by atoms with Gasteiger partial charge in [0.05, 0.1) is 6.61 Å². The number of hydrogen-bond donors (Lipinski definition) is 2. The molecule has 1 rings (SSSR count). The lowest BCUT2D eigenvalue weighted by atomic mass is 9.78. The third-order valence-corrected chi connectivity index (χ3v) is 3.41. The van der Waals surface area contributed by atoms with Gasteiger partial charge < -0.3 is 10.2 Å². The molecule has 20 heavy (non-hydrogen) atoms. The summed E-state index contributed by atoms with van der Waals surface area (Å²) >= 11 is 0. The number of hydrogen-bond acceptors (Lipinski definition) is 2. The second kappa shape index (κ2) is 5.61. The molecule has 2 heteroatoms. The molecule has 0 atom stereocenters.